The lowest BCUT2D eigenvalue weighted by Crippen LogP contribution is -2.45. The minimum absolute atomic E-state index is 0.124. The van der Waals surface area contributed by atoms with E-state index in [1.807, 2.05) is 20.8 Å². The van der Waals surface area contributed by atoms with Crippen LogP contribution < -0.4 is 5.32 Å². The highest BCUT2D eigenvalue weighted by Crippen LogP contribution is 2.32. The topological polar surface area (TPSA) is 32.3 Å². The smallest absolute Gasteiger partial charge is 0.234 e. The van der Waals surface area contributed by atoms with Crippen molar-refractivity contribution in [3.63, 3.8) is 0 Å². The molecule has 116 valence electrons. The zero-order valence-electron chi connectivity index (χ0n) is 14.0. The molecule has 1 aliphatic rings. The fourth-order valence-corrected chi connectivity index (χ4v) is 3.24. The molecule has 0 aromatic heterocycles. The van der Waals surface area contributed by atoms with Crippen molar-refractivity contribution in [2.75, 3.05) is 13.1 Å². The third-order valence-electron chi connectivity index (χ3n) is 3.85. The molecular formula is C18H28N2O. The Morgan fingerprint density at radius 3 is 2.43 bits per heavy atom. The van der Waals surface area contributed by atoms with Crippen LogP contribution in [0.3, 0.4) is 0 Å². The van der Waals surface area contributed by atoms with Crippen molar-refractivity contribution >= 4 is 5.91 Å². The molecule has 1 heterocycles. The first kappa shape index (κ1) is 16.0. The van der Waals surface area contributed by atoms with Gasteiger partial charge in [0.1, 0.15) is 0 Å². The Labute approximate surface area is 128 Å². The molecule has 21 heavy (non-hydrogen) atoms. The van der Waals surface area contributed by atoms with Crippen molar-refractivity contribution in [1.82, 2.24) is 10.2 Å². The van der Waals surface area contributed by atoms with E-state index in [9.17, 15) is 4.79 Å². The minimum atomic E-state index is -0.160. The lowest BCUT2D eigenvalue weighted by Gasteiger charge is -2.27. The van der Waals surface area contributed by atoms with Gasteiger partial charge >= 0.3 is 0 Å². The zero-order chi connectivity index (χ0) is 15.6. The van der Waals surface area contributed by atoms with Crippen LogP contribution in [0.1, 0.15) is 56.3 Å². The molecule has 0 radical (unpaired) electrons. The molecule has 0 bridgehead atoms. The van der Waals surface area contributed by atoms with Crippen molar-refractivity contribution in [3.8, 4) is 0 Å². The zero-order valence-corrected chi connectivity index (χ0v) is 14.0. The first-order chi connectivity index (χ1) is 9.74. The van der Waals surface area contributed by atoms with Gasteiger partial charge in [-0.25, -0.2) is 0 Å². The van der Waals surface area contributed by atoms with Crippen LogP contribution in [0.25, 0.3) is 0 Å². The van der Waals surface area contributed by atoms with E-state index in [-0.39, 0.29) is 11.4 Å². The van der Waals surface area contributed by atoms with Gasteiger partial charge in [0.2, 0.25) is 5.91 Å². The van der Waals surface area contributed by atoms with Crippen molar-refractivity contribution in [1.29, 1.82) is 0 Å². The standard InChI is InChI=1S/C18H28N2O/c1-13-9-14(2)11-15(10-13)16-7-6-8-20(16)12-17(21)19-18(3,4)5/h9-11,16H,6-8,12H2,1-5H3,(H,19,21). The molecule has 1 amide bonds. The number of hydrogen-bond donors (Lipinski definition) is 1. The van der Waals surface area contributed by atoms with Gasteiger partial charge in [-0.05, 0) is 59.6 Å². The summed E-state index contributed by atoms with van der Waals surface area (Å²) in [4.78, 5) is 14.5. The lowest BCUT2D eigenvalue weighted by molar-refractivity contribution is -0.123. The van der Waals surface area contributed by atoms with Crippen molar-refractivity contribution < 1.29 is 4.79 Å². The maximum atomic E-state index is 12.2. The van der Waals surface area contributed by atoms with E-state index in [1.54, 1.807) is 0 Å². The molecule has 1 aromatic rings. The predicted molar refractivity (Wildman–Crippen MR) is 87.4 cm³/mol. The van der Waals surface area contributed by atoms with Gasteiger partial charge in [-0.15, -0.1) is 0 Å². The fourth-order valence-electron chi connectivity index (χ4n) is 3.24. The molecule has 3 nitrogen and oxygen atoms in total. The summed E-state index contributed by atoms with van der Waals surface area (Å²) < 4.78 is 0. The van der Waals surface area contributed by atoms with Gasteiger partial charge in [0.05, 0.1) is 6.54 Å². The van der Waals surface area contributed by atoms with Gasteiger partial charge in [-0.3, -0.25) is 9.69 Å². The summed E-state index contributed by atoms with van der Waals surface area (Å²) in [6, 6.07) is 7.11. The van der Waals surface area contributed by atoms with E-state index >= 15 is 0 Å². The van der Waals surface area contributed by atoms with E-state index in [1.165, 1.54) is 23.1 Å². The third kappa shape index (κ3) is 4.57. The number of hydrogen-bond acceptors (Lipinski definition) is 2. The van der Waals surface area contributed by atoms with Crippen LogP contribution in [0, 0.1) is 13.8 Å². The molecule has 0 spiro atoms. The SMILES string of the molecule is Cc1cc(C)cc(C2CCCN2CC(=O)NC(C)(C)C)c1. The number of benzene rings is 1. The molecule has 3 heteroatoms. The molecule has 2 rings (SSSR count). The molecular weight excluding hydrogens is 260 g/mol. The highest BCUT2D eigenvalue weighted by atomic mass is 16.2. The van der Waals surface area contributed by atoms with Gasteiger partial charge in [0.25, 0.3) is 0 Å². The fraction of sp³-hybridized carbons (Fsp3) is 0.611. The number of likely N-dealkylation sites (tertiary alicyclic amines) is 1. The number of aryl methyl sites for hydroxylation is 2. The lowest BCUT2D eigenvalue weighted by atomic mass is 9.99. The molecule has 0 saturated carbocycles. The summed E-state index contributed by atoms with van der Waals surface area (Å²) >= 11 is 0. The molecule has 1 unspecified atom stereocenters. The van der Waals surface area contributed by atoms with Gasteiger partial charge in [-0.2, -0.15) is 0 Å². The Kier molecular flexibility index (Phi) is 4.72. The monoisotopic (exact) mass is 288 g/mol. The first-order valence-corrected chi connectivity index (χ1v) is 7.88. The van der Waals surface area contributed by atoms with E-state index in [2.05, 4.69) is 42.3 Å². The molecule has 1 fully saturated rings. The number of amides is 1. The van der Waals surface area contributed by atoms with E-state index in [0.717, 1.165) is 13.0 Å². The molecule has 1 N–H and O–H groups in total. The summed E-state index contributed by atoms with van der Waals surface area (Å²) in [6.07, 6.45) is 2.31. The van der Waals surface area contributed by atoms with Gasteiger partial charge in [-0.1, -0.05) is 29.3 Å². The van der Waals surface area contributed by atoms with Crippen LogP contribution in [0.15, 0.2) is 18.2 Å². The molecule has 0 aliphatic carbocycles. The summed E-state index contributed by atoms with van der Waals surface area (Å²) in [5.74, 6) is 0.124. The largest absolute Gasteiger partial charge is 0.350 e. The Balaban J connectivity index is 2.08. The number of nitrogens with one attached hydrogen (secondary N) is 1. The second kappa shape index (κ2) is 6.18. The summed E-state index contributed by atoms with van der Waals surface area (Å²) in [7, 11) is 0. The molecule has 1 aliphatic heterocycles. The van der Waals surface area contributed by atoms with E-state index < -0.39 is 0 Å². The van der Waals surface area contributed by atoms with E-state index in [0.29, 0.717) is 12.6 Å². The van der Waals surface area contributed by atoms with Crippen molar-refractivity contribution in [3.05, 3.63) is 34.9 Å². The summed E-state index contributed by atoms with van der Waals surface area (Å²) in [5, 5.41) is 3.06. The molecule has 1 atom stereocenters. The first-order valence-electron chi connectivity index (χ1n) is 7.88. The van der Waals surface area contributed by atoms with Crippen LogP contribution >= 0.6 is 0 Å². The molecule has 1 aromatic carbocycles. The number of carbonyl (C=O) groups excluding carboxylic acids is 1. The van der Waals surface area contributed by atoms with Gasteiger partial charge < -0.3 is 5.32 Å². The highest BCUT2D eigenvalue weighted by Gasteiger charge is 2.28. The highest BCUT2D eigenvalue weighted by molar-refractivity contribution is 5.78. The van der Waals surface area contributed by atoms with Crippen LogP contribution in [0.5, 0.6) is 0 Å². The maximum absolute atomic E-state index is 12.2. The van der Waals surface area contributed by atoms with Crippen LogP contribution in [-0.4, -0.2) is 29.4 Å². The summed E-state index contributed by atoms with van der Waals surface area (Å²) in [6.45, 7) is 11.9. The van der Waals surface area contributed by atoms with Crippen LogP contribution in [-0.2, 0) is 4.79 Å². The van der Waals surface area contributed by atoms with Gasteiger partial charge in [0, 0.05) is 11.6 Å². The number of nitrogens with zero attached hydrogens (tertiary/aromatic N) is 1. The van der Waals surface area contributed by atoms with Crippen LogP contribution in [0.2, 0.25) is 0 Å². The Morgan fingerprint density at radius 1 is 1.24 bits per heavy atom. The number of carbonyl (C=O) groups is 1. The second-order valence-electron chi connectivity index (χ2n) is 7.35. The quantitative estimate of drug-likeness (QED) is 0.925. The predicted octanol–water partition coefficient (Wildman–Crippen LogP) is 3.36. The third-order valence-corrected chi connectivity index (χ3v) is 3.85. The average Bonchev–Trinajstić information content (AvgIpc) is 2.72. The normalized spacial score (nSPS) is 19.8. The Bertz CT molecular complexity index is 496. The minimum Gasteiger partial charge on any atom is -0.350 e. The summed E-state index contributed by atoms with van der Waals surface area (Å²) in [5.41, 5.74) is 3.80. The number of rotatable bonds is 3. The van der Waals surface area contributed by atoms with E-state index in [4.69, 9.17) is 0 Å². The maximum Gasteiger partial charge on any atom is 0.234 e. The Hall–Kier alpha value is -1.35. The average molecular weight is 288 g/mol. The van der Waals surface area contributed by atoms with Crippen LogP contribution in [0.4, 0.5) is 0 Å². The molecule has 1 saturated heterocycles. The van der Waals surface area contributed by atoms with Crippen molar-refractivity contribution in [2.24, 2.45) is 0 Å². The van der Waals surface area contributed by atoms with Gasteiger partial charge in [0.15, 0.2) is 0 Å². The second-order valence-corrected chi connectivity index (χ2v) is 7.35. The Morgan fingerprint density at radius 2 is 1.86 bits per heavy atom. The van der Waals surface area contributed by atoms with Crippen molar-refractivity contribution in [2.45, 2.75) is 59.0 Å².